The summed E-state index contributed by atoms with van der Waals surface area (Å²) in [5.74, 6) is -0.00488. The van der Waals surface area contributed by atoms with Crippen LogP contribution >= 0.6 is 11.6 Å². The molecule has 0 amide bonds. The number of hydrogen-bond acceptors (Lipinski definition) is 2. The molecule has 0 saturated carbocycles. The lowest BCUT2D eigenvalue weighted by molar-refractivity contribution is -0.141. The highest BCUT2D eigenvalue weighted by atomic mass is 35.5. The summed E-state index contributed by atoms with van der Waals surface area (Å²) in [6, 6.07) is 0. The minimum Gasteiger partial charge on any atom is -0.465 e. The largest absolute Gasteiger partial charge is 0.465 e. The molecule has 0 saturated heterocycles. The maximum Gasteiger partial charge on any atom is 0.320 e. The standard InChI is InChI=1S/C6H11ClO2/c1-5(2)4-9-6(8)3-7/h5H,3-4H2,1-2H3. The van der Waals surface area contributed by atoms with Crippen molar-refractivity contribution in [2.45, 2.75) is 13.8 Å². The van der Waals surface area contributed by atoms with Gasteiger partial charge in [-0.3, -0.25) is 4.79 Å². The number of hydrogen-bond donors (Lipinski definition) is 0. The van der Waals surface area contributed by atoms with Crippen LogP contribution in [0.4, 0.5) is 0 Å². The molecule has 0 rings (SSSR count). The molecule has 0 fully saturated rings. The number of carbonyl (C=O) groups is 1. The van der Waals surface area contributed by atoms with Gasteiger partial charge in [0, 0.05) is 0 Å². The van der Waals surface area contributed by atoms with Crippen molar-refractivity contribution >= 4 is 17.6 Å². The third-order valence-corrected chi connectivity index (χ3v) is 0.905. The van der Waals surface area contributed by atoms with E-state index in [9.17, 15) is 4.79 Å². The third kappa shape index (κ3) is 5.63. The summed E-state index contributed by atoms with van der Waals surface area (Å²) in [5.41, 5.74) is 0. The van der Waals surface area contributed by atoms with Gasteiger partial charge in [-0.05, 0) is 5.92 Å². The van der Waals surface area contributed by atoms with Crippen molar-refractivity contribution in [3.8, 4) is 0 Å². The van der Waals surface area contributed by atoms with Gasteiger partial charge in [-0.25, -0.2) is 0 Å². The predicted octanol–water partition coefficient (Wildman–Crippen LogP) is 1.42. The predicted molar refractivity (Wildman–Crippen MR) is 36.5 cm³/mol. The van der Waals surface area contributed by atoms with Crippen LogP contribution in [0.25, 0.3) is 0 Å². The highest BCUT2D eigenvalue weighted by Gasteiger charge is 1.99. The van der Waals surface area contributed by atoms with E-state index in [1.807, 2.05) is 13.8 Å². The van der Waals surface area contributed by atoms with E-state index >= 15 is 0 Å². The van der Waals surface area contributed by atoms with Crippen LogP contribution in [0.2, 0.25) is 0 Å². The van der Waals surface area contributed by atoms with Crippen LogP contribution < -0.4 is 0 Å². The summed E-state index contributed by atoms with van der Waals surface area (Å²) in [5, 5.41) is 0. The van der Waals surface area contributed by atoms with Crippen LogP contribution in [0.15, 0.2) is 0 Å². The summed E-state index contributed by atoms with van der Waals surface area (Å²) in [4.78, 5) is 10.4. The number of rotatable bonds is 3. The molecule has 0 aliphatic heterocycles. The van der Waals surface area contributed by atoms with Crippen LogP contribution in [0.1, 0.15) is 13.8 Å². The Kier molecular flexibility index (Phi) is 4.50. The molecule has 0 aromatic rings. The van der Waals surface area contributed by atoms with Crippen LogP contribution in [0.5, 0.6) is 0 Å². The first-order chi connectivity index (χ1) is 4.16. The smallest absolute Gasteiger partial charge is 0.320 e. The number of alkyl halides is 1. The minimum atomic E-state index is -0.342. The highest BCUT2D eigenvalue weighted by molar-refractivity contribution is 6.26. The van der Waals surface area contributed by atoms with Gasteiger partial charge in [-0.15, -0.1) is 11.6 Å². The highest BCUT2D eigenvalue weighted by Crippen LogP contribution is 1.93. The van der Waals surface area contributed by atoms with Crippen molar-refractivity contribution in [1.82, 2.24) is 0 Å². The van der Waals surface area contributed by atoms with Crippen LogP contribution in [-0.2, 0) is 9.53 Å². The average molecular weight is 151 g/mol. The fourth-order valence-corrected chi connectivity index (χ4v) is 0.375. The molecule has 0 aromatic heterocycles. The summed E-state index contributed by atoms with van der Waals surface area (Å²) in [6.07, 6.45) is 0. The lowest BCUT2D eigenvalue weighted by Crippen LogP contribution is -2.10. The number of carbonyl (C=O) groups excluding carboxylic acids is 1. The number of halogens is 1. The van der Waals surface area contributed by atoms with Crippen LogP contribution in [-0.4, -0.2) is 18.5 Å². The molecule has 54 valence electrons. The Bertz CT molecular complexity index is 91.1. The Morgan fingerprint density at radius 2 is 2.22 bits per heavy atom. The molecule has 2 nitrogen and oxygen atoms in total. The number of ether oxygens (including phenoxy) is 1. The molecule has 0 bridgehead atoms. The zero-order valence-corrected chi connectivity index (χ0v) is 6.44. The van der Waals surface area contributed by atoms with Crippen molar-refractivity contribution in [3.05, 3.63) is 0 Å². The first-order valence-electron chi connectivity index (χ1n) is 2.88. The molecule has 0 spiro atoms. The molecule has 0 atom stereocenters. The Balaban J connectivity index is 3.17. The normalized spacial score (nSPS) is 9.78. The molecule has 9 heavy (non-hydrogen) atoms. The van der Waals surface area contributed by atoms with Crippen molar-refractivity contribution < 1.29 is 9.53 Å². The molecule has 0 unspecified atom stereocenters. The lowest BCUT2D eigenvalue weighted by atomic mass is 10.2. The van der Waals surface area contributed by atoms with Crippen LogP contribution in [0, 0.1) is 5.92 Å². The van der Waals surface area contributed by atoms with Gasteiger partial charge >= 0.3 is 5.97 Å². The van der Waals surface area contributed by atoms with E-state index in [0.717, 1.165) is 0 Å². The lowest BCUT2D eigenvalue weighted by Gasteiger charge is -2.03. The zero-order chi connectivity index (χ0) is 7.28. The Hall–Kier alpha value is -0.240. The van der Waals surface area contributed by atoms with Gasteiger partial charge in [0.15, 0.2) is 0 Å². The summed E-state index contributed by atoms with van der Waals surface area (Å²) in [6.45, 7) is 4.41. The fraction of sp³-hybridized carbons (Fsp3) is 0.833. The molecule has 0 heterocycles. The Labute approximate surface area is 60.1 Å². The maximum absolute atomic E-state index is 10.4. The van der Waals surface area contributed by atoms with Crippen LogP contribution in [0.3, 0.4) is 0 Å². The van der Waals surface area contributed by atoms with Crippen molar-refractivity contribution in [2.24, 2.45) is 5.92 Å². The molecule has 0 aliphatic carbocycles. The van der Waals surface area contributed by atoms with E-state index in [4.69, 9.17) is 11.6 Å². The summed E-state index contributed by atoms with van der Waals surface area (Å²) < 4.78 is 4.68. The van der Waals surface area contributed by atoms with Gasteiger partial charge in [-0.1, -0.05) is 13.8 Å². The molecular weight excluding hydrogens is 140 g/mol. The fourth-order valence-electron chi connectivity index (χ4n) is 0.298. The molecule has 0 radical (unpaired) electrons. The van der Waals surface area contributed by atoms with Gasteiger partial charge in [0.2, 0.25) is 0 Å². The first-order valence-corrected chi connectivity index (χ1v) is 3.42. The third-order valence-electron chi connectivity index (χ3n) is 0.687. The molecule has 0 N–H and O–H groups in total. The number of esters is 1. The van der Waals surface area contributed by atoms with E-state index in [0.29, 0.717) is 12.5 Å². The van der Waals surface area contributed by atoms with E-state index in [-0.39, 0.29) is 11.8 Å². The maximum atomic E-state index is 10.4. The van der Waals surface area contributed by atoms with Gasteiger partial charge in [-0.2, -0.15) is 0 Å². The topological polar surface area (TPSA) is 26.3 Å². The summed E-state index contributed by atoms with van der Waals surface area (Å²) in [7, 11) is 0. The van der Waals surface area contributed by atoms with E-state index in [1.165, 1.54) is 0 Å². The SMILES string of the molecule is CC(C)COC(=O)CCl. The van der Waals surface area contributed by atoms with E-state index < -0.39 is 0 Å². The average Bonchev–Trinajstić information content (AvgIpc) is 1.83. The van der Waals surface area contributed by atoms with Crippen molar-refractivity contribution in [2.75, 3.05) is 12.5 Å². The second-order valence-electron chi connectivity index (χ2n) is 2.21. The monoisotopic (exact) mass is 150 g/mol. The van der Waals surface area contributed by atoms with E-state index in [1.54, 1.807) is 0 Å². The van der Waals surface area contributed by atoms with Gasteiger partial charge in [0.25, 0.3) is 0 Å². The second kappa shape index (κ2) is 4.62. The first kappa shape index (κ1) is 8.76. The molecule has 0 aliphatic rings. The molecule has 0 aromatic carbocycles. The van der Waals surface area contributed by atoms with E-state index in [2.05, 4.69) is 4.74 Å². The Morgan fingerprint density at radius 3 is 2.56 bits per heavy atom. The van der Waals surface area contributed by atoms with Gasteiger partial charge in [0.1, 0.15) is 5.88 Å². The minimum absolute atomic E-state index is 0.0489. The second-order valence-corrected chi connectivity index (χ2v) is 2.48. The zero-order valence-electron chi connectivity index (χ0n) is 5.69. The van der Waals surface area contributed by atoms with Crippen molar-refractivity contribution in [3.63, 3.8) is 0 Å². The summed E-state index contributed by atoms with van der Waals surface area (Å²) >= 11 is 5.16. The van der Waals surface area contributed by atoms with Gasteiger partial charge in [0.05, 0.1) is 6.61 Å². The van der Waals surface area contributed by atoms with Crippen molar-refractivity contribution in [1.29, 1.82) is 0 Å². The molecular formula is C6H11ClO2. The van der Waals surface area contributed by atoms with Gasteiger partial charge < -0.3 is 4.74 Å². The quantitative estimate of drug-likeness (QED) is 0.450. The molecule has 3 heteroatoms. The Morgan fingerprint density at radius 1 is 1.67 bits per heavy atom.